The number of halogens is 1. The zero-order chi connectivity index (χ0) is 16.1. The molecule has 0 aliphatic carbocycles. The molecule has 0 amide bonds. The minimum Gasteiger partial charge on any atom is -0.243 e. The van der Waals surface area contributed by atoms with Gasteiger partial charge in [0, 0.05) is 25.7 Å². The van der Waals surface area contributed by atoms with E-state index in [0.717, 1.165) is 22.3 Å². The van der Waals surface area contributed by atoms with Crippen LogP contribution in [-0.4, -0.2) is 9.97 Å². The first kappa shape index (κ1) is 13.9. The van der Waals surface area contributed by atoms with Crippen molar-refractivity contribution in [1.82, 2.24) is 9.97 Å². The Bertz CT molecular complexity index is 1230. The van der Waals surface area contributed by atoms with Gasteiger partial charge < -0.3 is 0 Å². The molecule has 0 spiro atoms. The summed E-state index contributed by atoms with van der Waals surface area (Å²) in [7, 11) is 0. The first-order valence-corrected chi connectivity index (χ1v) is 8.83. The van der Waals surface area contributed by atoms with Crippen molar-refractivity contribution in [3.63, 3.8) is 0 Å². The molecule has 2 heterocycles. The largest absolute Gasteiger partial charge is 0.243 e. The Morgan fingerprint density at radius 3 is 2.29 bits per heavy atom. The summed E-state index contributed by atoms with van der Waals surface area (Å²) in [5, 5.41) is 2.95. The Labute approximate surface area is 147 Å². The summed E-state index contributed by atoms with van der Waals surface area (Å²) in [4.78, 5) is 9.30. The minimum atomic E-state index is 0.443. The molecule has 2 nitrogen and oxygen atoms in total. The van der Waals surface area contributed by atoms with E-state index in [-0.39, 0.29) is 0 Å². The number of fused-ring (bicyclic) bond motifs is 4. The van der Waals surface area contributed by atoms with Gasteiger partial charge in [-0.15, -0.1) is 11.3 Å². The van der Waals surface area contributed by atoms with Crippen LogP contribution >= 0.6 is 22.9 Å². The van der Waals surface area contributed by atoms with Gasteiger partial charge in [0.25, 0.3) is 0 Å². The third kappa shape index (κ3) is 2.02. The number of rotatable bonds is 1. The molecular weight excluding hydrogens is 336 g/mol. The molecule has 0 fully saturated rings. The van der Waals surface area contributed by atoms with Crippen LogP contribution in [0.3, 0.4) is 0 Å². The van der Waals surface area contributed by atoms with E-state index in [9.17, 15) is 0 Å². The fraction of sp³-hybridized carbons (Fsp3) is 0. The molecule has 2 aromatic heterocycles. The molecule has 0 radical (unpaired) electrons. The van der Waals surface area contributed by atoms with Gasteiger partial charge in [0.15, 0.2) is 5.15 Å². The highest BCUT2D eigenvalue weighted by Crippen LogP contribution is 2.40. The van der Waals surface area contributed by atoms with Gasteiger partial charge in [-0.3, -0.25) is 0 Å². The number of hydrogen-bond acceptors (Lipinski definition) is 3. The maximum Gasteiger partial charge on any atom is 0.156 e. The lowest BCUT2D eigenvalue weighted by atomic mass is 10.1. The smallest absolute Gasteiger partial charge is 0.156 e. The highest BCUT2D eigenvalue weighted by Gasteiger charge is 2.15. The molecule has 24 heavy (non-hydrogen) atoms. The predicted molar refractivity (Wildman–Crippen MR) is 103 cm³/mol. The van der Waals surface area contributed by atoms with E-state index in [4.69, 9.17) is 16.6 Å². The minimum absolute atomic E-state index is 0.443. The SMILES string of the molecule is Clc1nc2ccccc2nc1-c1cccc2c1sc1ccccc12. The maximum atomic E-state index is 6.47. The summed E-state index contributed by atoms with van der Waals surface area (Å²) in [5.41, 5.74) is 3.45. The predicted octanol–water partition coefficient (Wildman–Crippen LogP) is 6.32. The van der Waals surface area contributed by atoms with Gasteiger partial charge in [0.2, 0.25) is 0 Å². The first-order valence-electron chi connectivity index (χ1n) is 7.64. The molecule has 0 saturated heterocycles. The number of nitrogens with zero attached hydrogens (tertiary/aromatic N) is 2. The van der Waals surface area contributed by atoms with E-state index in [0.29, 0.717) is 5.15 Å². The molecule has 0 N–H and O–H groups in total. The molecule has 0 aliphatic rings. The Morgan fingerprint density at radius 1 is 0.708 bits per heavy atom. The van der Waals surface area contributed by atoms with Crippen LogP contribution in [0.15, 0.2) is 66.7 Å². The summed E-state index contributed by atoms with van der Waals surface area (Å²) in [6, 6.07) is 22.5. The number of hydrogen-bond donors (Lipinski definition) is 0. The molecule has 114 valence electrons. The van der Waals surface area contributed by atoms with Gasteiger partial charge in [-0.05, 0) is 18.2 Å². The second-order valence-electron chi connectivity index (χ2n) is 5.63. The highest BCUT2D eigenvalue weighted by atomic mass is 35.5. The van der Waals surface area contributed by atoms with Crippen LogP contribution in [0.2, 0.25) is 5.15 Å². The van der Waals surface area contributed by atoms with Crippen molar-refractivity contribution < 1.29 is 0 Å². The Kier molecular flexibility index (Phi) is 3.05. The Balaban J connectivity index is 1.88. The molecule has 0 bridgehead atoms. The Morgan fingerprint density at radius 2 is 1.42 bits per heavy atom. The van der Waals surface area contributed by atoms with E-state index < -0.39 is 0 Å². The normalized spacial score (nSPS) is 11.5. The lowest BCUT2D eigenvalue weighted by molar-refractivity contribution is 1.30. The summed E-state index contributed by atoms with van der Waals surface area (Å²) in [5.74, 6) is 0. The monoisotopic (exact) mass is 346 g/mol. The number of benzene rings is 3. The van der Waals surface area contributed by atoms with Gasteiger partial charge >= 0.3 is 0 Å². The maximum absolute atomic E-state index is 6.47. The van der Waals surface area contributed by atoms with Crippen molar-refractivity contribution in [2.24, 2.45) is 0 Å². The van der Waals surface area contributed by atoms with Crippen molar-refractivity contribution in [2.45, 2.75) is 0 Å². The summed E-state index contributed by atoms with van der Waals surface area (Å²) in [6.45, 7) is 0. The second-order valence-corrected chi connectivity index (χ2v) is 7.04. The summed E-state index contributed by atoms with van der Waals surface area (Å²) < 4.78 is 2.47. The van der Waals surface area contributed by atoms with Crippen molar-refractivity contribution >= 4 is 54.1 Å². The van der Waals surface area contributed by atoms with Gasteiger partial charge in [-0.1, -0.05) is 60.1 Å². The van der Waals surface area contributed by atoms with Crippen molar-refractivity contribution in [3.05, 3.63) is 71.9 Å². The molecular formula is C20H11ClN2S. The van der Waals surface area contributed by atoms with Crippen LogP contribution in [-0.2, 0) is 0 Å². The fourth-order valence-corrected chi connectivity index (χ4v) is 4.54. The van der Waals surface area contributed by atoms with E-state index >= 15 is 0 Å². The standard InChI is InChI=1S/C20H11ClN2S/c21-20-18(22-15-9-2-3-10-16(15)23-20)14-8-5-7-13-12-6-1-4-11-17(12)24-19(13)14/h1-11H. The quantitative estimate of drug-likeness (QED) is 0.355. The fourth-order valence-electron chi connectivity index (χ4n) is 3.08. The zero-order valence-corrected chi connectivity index (χ0v) is 14.1. The summed E-state index contributed by atoms with van der Waals surface area (Å²) >= 11 is 8.24. The molecule has 5 aromatic rings. The number of para-hydroxylation sites is 2. The molecule has 0 saturated carbocycles. The average molecular weight is 347 g/mol. The highest BCUT2D eigenvalue weighted by molar-refractivity contribution is 7.26. The molecule has 5 rings (SSSR count). The van der Waals surface area contributed by atoms with Crippen LogP contribution in [0.5, 0.6) is 0 Å². The van der Waals surface area contributed by atoms with Crippen LogP contribution in [0.4, 0.5) is 0 Å². The van der Waals surface area contributed by atoms with Gasteiger partial charge in [-0.2, -0.15) is 0 Å². The van der Waals surface area contributed by atoms with Gasteiger partial charge in [0.1, 0.15) is 5.69 Å². The van der Waals surface area contributed by atoms with Crippen molar-refractivity contribution in [2.75, 3.05) is 0 Å². The van der Waals surface area contributed by atoms with Crippen LogP contribution in [0, 0.1) is 0 Å². The van der Waals surface area contributed by atoms with E-state index in [1.54, 1.807) is 11.3 Å². The molecule has 4 heteroatoms. The average Bonchev–Trinajstić information content (AvgIpc) is 3.00. The van der Waals surface area contributed by atoms with Crippen molar-refractivity contribution in [3.8, 4) is 11.3 Å². The van der Waals surface area contributed by atoms with Gasteiger partial charge in [0.05, 0.1) is 11.0 Å². The third-order valence-corrected chi connectivity index (χ3v) is 5.67. The van der Waals surface area contributed by atoms with Crippen LogP contribution < -0.4 is 0 Å². The van der Waals surface area contributed by atoms with E-state index in [1.807, 2.05) is 24.3 Å². The second kappa shape index (κ2) is 5.26. The van der Waals surface area contributed by atoms with Crippen LogP contribution in [0.25, 0.3) is 42.5 Å². The molecule has 0 atom stereocenters. The molecule has 3 aromatic carbocycles. The Hall–Kier alpha value is -2.49. The summed E-state index contributed by atoms with van der Waals surface area (Å²) in [6.07, 6.45) is 0. The van der Waals surface area contributed by atoms with E-state index in [1.165, 1.54) is 20.2 Å². The third-order valence-electron chi connectivity index (χ3n) is 4.19. The topological polar surface area (TPSA) is 25.8 Å². The molecule has 0 unspecified atom stereocenters. The van der Waals surface area contributed by atoms with Gasteiger partial charge in [-0.25, -0.2) is 9.97 Å². The van der Waals surface area contributed by atoms with E-state index in [2.05, 4.69) is 47.4 Å². The number of thiophene rings is 1. The first-order chi connectivity index (χ1) is 11.8. The zero-order valence-electron chi connectivity index (χ0n) is 12.5. The number of aromatic nitrogens is 2. The lowest BCUT2D eigenvalue weighted by Crippen LogP contribution is -1.91. The van der Waals surface area contributed by atoms with Crippen LogP contribution in [0.1, 0.15) is 0 Å². The molecule has 0 aliphatic heterocycles. The lowest BCUT2D eigenvalue weighted by Gasteiger charge is -2.06. The van der Waals surface area contributed by atoms with Crippen molar-refractivity contribution in [1.29, 1.82) is 0 Å².